The van der Waals surface area contributed by atoms with Crippen LogP contribution in [-0.2, 0) is 11.8 Å². The molecule has 27 heavy (non-hydrogen) atoms. The zero-order valence-corrected chi connectivity index (χ0v) is 15.7. The van der Waals surface area contributed by atoms with Crippen LogP contribution in [0.5, 0.6) is 5.75 Å². The molecule has 1 amide bonds. The number of carbonyl (C=O) groups excluding carboxylic acids is 1. The summed E-state index contributed by atoms with van der Waals surface area (Å²) in [5.41, 5.74) is 1.64. The van der Waals surface area contributed by atoms with Gasteiger partial charge in [0.25, 0.3) is 11.5 Å². The Morgan fingerprint density at radius 3 is 2.56 bits per heavy atom. The van der Waals surface area contributed by atoms with Gasteiger partial charge >= 0.3 is 0 Å². The molecule has 0 spiro atoms. The van der Waals surface area contributed by atoms with E-state index in [0.29, 0.717) is 12.3 Å². The first-order valence-electron chi connectivity index (χ1n) is 8.47. The van der Waals surface area contributed by atoms with Gasteiger partial charge in [0.15, 0.2) is 0 Å². The molecule has 1 atom stereocenters. The van der Waals surface area contributed by atoms with Crippen LogP contribution in [0.15, 0.2) is 41.5 Å². The molecule has 142 valence electrons. The van der Waals surface area contributed by atoms with E-state index in [1.807, 2.05) is 31.2 Å². The zero-order valence-electron chi connectivity index (χ0n) is 15.7. The first-order chi connectivity index (χ1) is 12.9. The third kappa shape index (κ3) is 3.70. The Kier molecular flexibility index (Phi) is 5.27. The number of nitrogens with zero attached hydrogens (tertiary/aromatic N) is 3. The Morgan fingerprint density at radius 1 is 1.22 bits per heavy atom. The quantitative estimate of drug-likeness (QED) is 0.710. The van der Waals surface area contributed by atoms with Gasteiger partial charge in [-0.15, -0.1) is 0 Å². The van der Waals surface area contributed by atoms with E-state index in [2.05, 4.69) is 10.3 Å². The third-order valence-corrected chi connectivity index (χ3v) is 4.26. The molecule has 1 unspecified atom stereocenters. The number of benzene rings is 1. The van der Waals surface area contributed by atoms with Gasteiger partial charge in [-0.3, -0.25) is 14.0 Å². The van der Waals surface area contributed by atoms with Crippen molar-refractivity contribution in [1.82, 2.24) is 19.3 Å². The fourth-order valence-electron chi connectivity index (χ4n) is 2.86. The van der Waals surface area contributed by atoms with Crippen molar-refractivity contribution in [3.8, 4) is 17.0 Å². The smallest absolute Gasteiger partial charge is 0.294 e. The standard InChI is InChI=1S/C19H22N4O4/c1-12(11-26-3)20-18(24)15-9-23-10-16(22(2)19(25)17(23)21-15)13-5-7-14(27-4)8-6-13/h5-10,12H,11H2,1-4H3,(H,20,24). The number of ether oxygens (including phenoxy) is 2. The molecule has 0 aliphatic carbocycles. The van der Waals surface area contributed by atoms with E-state index < -0.39 is 0 Å². The summed E-state index contributed by atoms with van der Waals surface area (Å²) in [7, 11) is 4.84. The highest BCUT2D eigenvalue weighted by atomic mass is 16.5. The molecule has 0 aliphatic heterocycles. The fourth-order valence-corrected chi connectivity index (χ4v) is 2.86. The highest BCUT2D eigenvalue weighted by molar-refractivity contribution is 5.93. The summed E-state index contributed by atoms with van der Waals surface area (Å²) in [4.78, 5) is 29.3. The maximum Gasteiger partial charge on any atom is 0.294 e. The van der Waals surface area contributed by atoms with Crippen molar-refractivity contribution in [1.29, 1.82) is 0 Å². The van der Waals surface area contributed by atoms with Crippen LogP contribution in [0.1, 0.15) is 17.4 Å². The van der Waals surface area contributed by atoms with Gasteiger partial charge in [-0.05, 0) is 31.2 Å². The van der Waals surface area contributed by atoms with E-state index in [0.717, 1.165) is 11.3 Å². The van der Waals surface area contributed by atoms with Crippen LogP contribution in [0.25, 0.3) is 16.9 Å². The molecule has 0 radical (unpaired) electrons. The summed E-state index contributed by atoms with van der Waals surface area (Å²) in [6.45, 7) is 2.22. The predicted molar refractivity (Wildman–Crippen MR) is 101 cm³/mol. The zero-order chi connectivity index (χ0) is 19.6. The average molecular weight is 370 g/mol. The van der Waals surface area contributed by atoms with Crippen LogP contribution in [0, 0.1) is 0 Å². The number of nitrogens with one attached hydrogen (secondary N) is 1. The van der Waals surface area contributed by atoms with Gasteiger partial charge in [0.05, 0.1) is 19.4 Å². The number of imidazole rings is 1. The van der Waals surface area contributed by atoms with Crippen LogP contribution in [0.3, 0.4) is 0 Å². The molecule has 2 aromatic heterocycles. The van der Waals surface area contributed by atoms with E-state index in [4.69, 9.17) is 9.47 Å². The number of aromatic nitrogens is 3. The highest BCUT2D eigenvalue weighted by Crippen LogP contribution is 2.21. The van der Waals surface area contributed by atoms with Gasteiger partial charge < -0.3 is 19.4 Å². The summed E-state index contributed by atoms with van der Waals surface area (Å²) in [5.74, 6) is 0.382. The highest BCUT2D eigenvalue weighted by Gasteiger charge is 2.17. The Labute approximate surface area is 156 Å². The number of rotatable bonds is 6. The van der Waals surface area contributed by atoms with Crippen LogP contribution in [0.2, 0.25) is 0 Å². The van der Waals surface area contributed by atoms with E-state index in [1.165, 1.54) is 4.57 Å². The van der Waals surface area contributed by atoms with Crippen molar-refractivity contribution in [2.75, 3.05) is 20.8 Å². The Morgan fingerprint density at radius 2 is 1.93 bits per heavy atom. The van der Waals surface area contributed by atoms with Crippen LogP contribution in [-0.4, -0.2) is 46.7 Å². The molecule has 0 aliphatic rings. The predicted octanol–water partition coefficient (Wildman–Crippen LogP) is 1.47. The lowest BCUT2D eigenvalue weighted by Gasteiger charge is -2.10. The fraction of sp³-hybridized carbons (Fsp3) is 0.316. The second-order valence-corrected chi connectivity index (χ2v) is 6.29. The topological polar surface area (TPSA) is 86.9 Å². The minimum absolute atomic E-state index is 0.162. The molecule has 3 rings (SSSR count). The van der Waals surface area contributed by atoms with Crippen molar-refractivity contribution >= 4 is 11.6 Å². The molecule has 1 N–H and O–H groups in total. The van der Waals surface area contributed by atoms with Gasteiger partial charge in [-0.25, -0.2) is 4.98 Å². The third-order valence-electron chi connectivity index (χ3n) is 4.26. The molecule has 0 saturated carbocycles. The van der Waals surface area contributed by atoms with Crippen molar-refractivity contribution in [3.63, 3.8) is 0 Å². The van der Waals surface area contributed by atoms with Crippen LogP contribution >= 0.6 is 0 Å². The number of hydrogen-bond donors (Lipinski definition) is 1. The van der Waals surface area contributed by atoms with Gasteiger partial charge in [-0.2, -0.15) is 0 Å². The first-order valence-corrected chi connectivity index (χ1v) is 8.47. The molecule has 1 aromatic carbocycles. The molecule has 0 fully saturated rings. The summed E-state index contributed by atoms with van der Waals surface area (Å²) >= 11 is 0. The summed E-state index contributed by atoms with van der Waals surface area (Å²) in [6.07, 6.45) is 3.33. The van der Waals surface area contributed by atoms with Gasteiger partial charge in [0.2, 0.25) is 5.65 Å². The maximum atomic E-state index is 12.7. The summed E-state index contributed by atoms with van der Waals surface area (Å²) < 4.78 is 13.3. The molecule has 3 aromatic rings. The largest absolute Gasteiger partial charge is 0.497 e. The van der Waals surface area contributed by atoms with Crippen LogP contribution in [0.4, 0.5) is 0 Å². The number of hydrogen-bond acceptors (Lipinski definition) is 5. The monoisotopic (exact) mass is 370 g/mol. The van der Waals surface area contributed by atoms with Crippen molar-refractivity contribution < 1.29 is 14.3 Å². The van der Waals surface area contributed by atoms with Crippen LogP contribution < -0.4 is 15.6 Å². The van der Waals surface area contributed by atoms with Crippen molar-refractivity contribution in [3.05, 3.63) is 52.7 Å². The normalized spacial score (nSPS) is 12.1. The van der Waals surface area contributed by atoms with E-state index in [1.54, 1.807) is 38.1 Å². The molecular formula is C19H22N4O4. The Hall–Kier alpha value is -3.13. The van der Waals surface area contributed by atoms with Gasteiger partial charge in [0, 0.05) is 38.2 Å². The lowest BCUT2D eigenvalue weighted by atomic mass is 10.1. The number of carbonyl (C=O) groups is 1. The van der Waals surface area contributed by atoms with Crippen molar-refractivity contribution in [2.45, 2.75) is 13.0 Å². The molecular weight excluding hydrogens is 348 g/mol. The van der Waals surface area contributed by atoms with Gasteiger partial charge in [-0.1, -0.05) is 0 Å². The lowest BCUT2D eigenvalue weighted by molar-refractivity contribution is 0.0901. The van der Waals surface area contributed by atoms with Gasteiger partial charge in [0.1, 0.15) is 11.4 Å². The molecule has 0 saturated heterocycles. The number of fused-ring (bicyclic) bond motifs is 1. The molecule has 8 nitrogen and oxygen atoms in total. The second kappa shape index (κ2) is 7.63. The molecule has 8 heteroatoms. The Balaban J connectivity index is 2.00. The lowest BCUT2D eigenvalue weighted by Crippen LogP contribution is -2.35. The van der Waals surface area contributed by atoms with E-state index in [9.17, 15) is 9.59 Å². The average Bonchev–Trinajstić information content (AvgIpc) is 3.09. The Bertz CT molecular complexity index is 1020. The minimum atomic E-state index is -0.351. The molecule has 2 heterocycles. The van der Waals surface area contributed by atoms with E-state index in [-0.39, 0.29) is 28.8 Å². The minimum Gasteiger partial charge on any atom is -0.497 e. The maximum absolute atomic E-state index is 12.7. The summed E-state index contributed by atoms with van der Waals surface area (Å²) in [5, 5.41) is 2.79. The van der Waals surface area contributed by atoms with E-state index >= 15 is 0 Å². The summed E-state index contributed by atoms with van der Waals surface area (Å²) in [6, 6.07) is 7.24. The molecule has 0 bridgehead atoms. The number of methoxy groups -OCH3 is 2. The SMILES string of the molecule is COCC(C)NC(=O)c1cn2cc(-c3ccc(OC)cc3)n(C)c(=O)c2n1. The number of amides is 1. The second-order valence-electron chi connectivity index (χ2n) is 6.29. The van der Waals surface area contributed by atoms with Crippen molar-refractivity contribution in [2.24, 2.45) is 7.05 Å². The first kappa shape index (κ1) is 18.7.